The fourth-order valence-corrected chi connectivity index (χ4v) is 2.02. The van der Waals surface area contributed by atoms with Crippen molar-refractivity contribution in [3.05, 3.63) is 0 Å². The summed E-state index contributed by atoms with van der Waals surface area (Å²) in [5.41, 5.74) is 2.78. The first-order chi connectivity index (χ1) is 6.87. The predicted molar refractivity (Wildman–Crippen MR) is 56.2 cm³/mol. The summed E-state index contributed by atoms with van der Waals surface area (Å²) < 4.78 is 32.2. The number of nitrogens with one attached hydrogen (secondary N) is 1. The van der Waals surface area contributed by atoms with Crippen LogP contribution in [0.15, 0.2) is 0 Å². The largest absolute Gasteiger partial charge is 0.286 e. The lowest BCUT2D eigenvalue weighted by molar-refractivity contribution is 0.0273. The van der Waals surface area contributed by atoms with E-state index in [0.717, 1.165) is 0 Å². The Morgan fingerprint density at radius 3 is 2.20 bits per heavy atom. The molecule has 7 nitrogen and oxygen atoms in total. The van der Waals surface area contributed by atoms with Gasteiger partial charge in [0.05, 0.1) is 25.8 Å². The molecule has 0 aromatic carbocycles. The Morgan fingerprint density at radius 1 is 1.20 bits per heavy atom. The molecule has 0 aromatic heterocycles. The molecule has 1 aliphatic heterocycles. The topological polar surface area (TPSA) is 76.1 Å². The zero-order chi connectivity index (χ0) is 11.5. The van der Waals surface area contributed by atoms with Gasteiger partial charge in [-0.2, -0.15) is 17.3 Å². The summed E-state index contributed by atoms with van der Waals surface area (Å²) in [5, 5.41) is 1.63. The molecule has 10 heteroatoms. The van der Waals surface area contributed by atoms with E-state index in [2.05, 4.69) is 5.43 Å². The van der Waals surface area contributed by atoms with Gasteiger partial charge in [0.2, 0.25) is 0 Å². The van der Waals surface area contributed by atoms with Crippen LogP contribution < -0.4 is 5.43 Å². The normalized spacial score (nSPS) is 22.1. The molecular formula is C5H12Cl2N4O3S. The lowest BCUT2D eigenvalue weighted by atomic mass is 10.7. The SMILES string of the molecule is O=S(=O)(O)CCNN1CN(Cl)CN(Cl)C1. The Labute approximate surface area is 98.5 Å². The standard InChI is InChI=1S/C5H12Cl2N4O3S/c6-9-3-10(7)5-11(4-9)8-1-2-15(12,13)14/h8H,1-5H2,(H,12,13,14). The van der Waals surface area contributed by atoms with Crippen LogP contribution in [0.4, 0.5) is 0 Å². The quantitative estimate of drug-likeness (QED) is 0.529. The van der Waals surface area contributed by atoms with Gasteiger partial charge < -0.3 is 0 Å². The van der Waals surface area contributed by atoms with Gasteiger partial charge in [0.15, 0.2) is 0 Å². The Kier molecular flexibility index (Phi) is 5.00. The minimum absolute atomic E-state index is 0.105. The van der Waals surface area contributed by atoms with E-state index in [4.69, 9.17) is 28.1 Å². The Morgan fingerprint density at radius 2 is 1.73 bits per heavy atom. The molecule has 1 heterocycles. The summed E-state index contributed by atoms with van der Waals surface area (Å²) in [6.07, 6.45) is 0. The summed E-state index contributed by atoms with van der Waals surface area (Å²) in [7, 11) is -3.93. The van der Waals surface area contributed by atoms with Crippen LogP contribution in [0.5, 0.6) is 0 Å². The second-order valence-corrected chi connectivity index (χ2v) is 5.61. The van der Waals surface area contributed by atoms with Crippen molar-refractivity contribution in [2.75, 3.05) is 32.3 Å². The molecule has 90 valence electrons. The molecule has 0 saturated carbocycles. The summed E-state index contributed by atoms with van der Waals surface area (Å²) >= 11 is 11.5. The first-order valence-electron chi connectivity index (χ1n) is 4.12. The van der Waals surface area contributed by atoms with Crippen molar-refractivity contribution >= 4 is 33.7 Å². The van der Waals surface area contributed by atoms with Crippen LogP contribution in [0.25, 0.3) is 0 Å². The fraction of sp³-hybridized carbons (Fsp3) is 1.00. The smallest absolute Gasteiger partial charge is 0.266 e. The second kappa shape index (κ2) is 5.60. The lowest BCUT2D eigenvalue weighted by Crippen LogP contribution is -2.54. The summed E-state index contributed by atoms with van der Waals surface area (Å²) in [4.78, 5) is 0. The van der Waals surface area contributed by atoms with Crippen LogP contribution in [0.3, 0.4) is 0 Å². The highest BCUT2D eigenvalue weighted by Gasteiger charge is 2.20. The molecule has 0 atom stereocenters. The van der Waals surface area contributed by atoms with Crippen LogP contribution in [-0.4, -0.2) is 59.1 Å². The van der Waals surface area contributed by atoms with Crippen molar-refractivity contribution < 1.29 is 13.0 Å². The van der Waals surface area contributed by atoms with Gasteiger partial charge in [-0.05, 0) is 23.6 Å². The zero-order valence-corrected chi connectivity index (χ0v) is 10.1. The molecule has 0 aromatic rings. The average molecular weight is 279 g/mol. The molecule has 1 fully saturated rings. The molecule has 2 N–H and O–H groups in total. The molecule has 1 saturated heterocycles. The van der Waals surface area contributed by atoms with Crippen molar-refractivity contribution in [3.8, 4) is 0 Å². The highest BCUT2D eigenvalue weighted by molar-refractivity contribution is 7.85. The van der Waals surface area contributed by atoms with E-state index in [-0.39, 0.29) is 12.3 Å². The van der Waals surface area contributed by atoms with E-state index in [1.54, 1.807) is 5.01 Å². The first kappa shape index (κ1) is 13.4. The predicted octanol–water partition coefficient (Wildman–Crippen LogP) is -0.522. The van der Waals surface area contributed by atoms with Crippen molar-refractivity contribution in [1.82, 2.24) is 19.3 Å². The van der Waals surface area contributed by atoms with E-state index >= 15 is 0 Å². The van der Waals surface area contributed by atoms with Gasteiger partial charge in [-0.1, -0.05) is 0 Å². The van der Waals surface area contributed by atoms with Gasteiger partial charge in [0.1, 0.15) is 0 Å². The van der Waals surface area contributed by atoms with Crippen molar-refractivity contribution in [2.45, 2.75) is 0 Å². The van der Waals surface area contributed by atoms with Gasteiger partial charge in [-0.25, -0.2) is 5.01 Å². The molecule has 0 amide bonds. The number of halogens is 2. The highest BCUT2D eigenvalue weighted by Crippen LogP contribution is 2.09. The molecule has 0 bridgehead atoms. The Balaban J connectivity index is 2.26. The number of nitrogens with zero attached hydrogens (tertiary/aromatic N) is 3. The third-order valence-corrected chi connectivity index (χ3v) is 2.80. The molecule has 0 unspecified atom stereocenters. The third-order valence-electron chi connectivity index (χ3n) is 1.65. The number of hydrazine groups is 1. The molecule has 0 radical (unpaired) electrons. The molecule has 1 rings (SSSR count). The van der Waals surface area contributed by atoms with Crippen molar-refractivity contribution in [2.24, 2.45) is 0 Å². The van der Waals surface area contributed by atoms with E-state index in [1.165, 1.54) is 8.84 Å². The minimum Gasteiger partial charge on any atom is -0.286 e. The van der Waals surface area contributed by atoms with Crippen LogP contribution in [0.2, 0.25) is 0 Å². The number of rotatable bonds is 4. The van der Waals surface area contributed by atoms with Crippen molar-refractivity contribution in [3.63, 3.8) is 0 Å². The molecule has 15 heavy (non-hydrogen) atoms. The maximum Gasteiger partial charge on any atom is 0.266 e. The number of hydrogen-bond donors (Lipinski definition) is 2. The summed E-state index contributed by atoms with van der Waals surface area (Å²) in [5.74, 6) is -0.353. The maximum absolute atomic E-state index is 10.4. The number of hydrogen-bond acceptors (Lipinski definition) is 6. The average Bonchev–Trinajstić information content (AvgIpc) is 1.99. The lowest BCUT2D eigenvalue weighted by Gasteiger charge is -2.35. The molecule has 1 aliphatic rings. The maximum atomic E-state index is 10.4. The van der Waals surface area contributed by atoms with E-state index in [1.807, 2.05) is 0 Å². The van der Waals surface area contributed by atoms with Gasteiger partial charge >= 0.3 is 0 Å². The highest BCUT2D eigenvalue weighted by atomic mass is 35.5. The van der Waals surface area contributed by atoms with Crippen LogP contribution in [0, 0.1) is 0 Å². The second-order valence-electron chi connectivity index (χ2n) is 3.08. The zero-order valence-electron chi connectivity index (χ0n) is 7.81. The van der Waals surface area contributed by atoms with Crippen LogP contribution in [-0.2, 0) is 10.1 Å². The van der Waals surface area contributed by atoms with Gasteiger partial charge in [0, 0.05) is 6.54 Å². The summed E-state index contributed by atoms with van der Waals surface area (Å²) in [6, 6.07) is 0. The van der Waals surface area contributed by atoms with Gasteiger partial charge in [-0.15, -0.1) is 0 Å². The molecule has 0 spiro atoms. The van der Waals surface area contributed by atoms with E-state index in [9.17, 15) is 8.42 Å². The van der Waals surface area contributed by atoms with Crippen molar-refractivity contribution in [1.29, 1.82) is 0 Å². The molecular weight excluding hydrogens is 267 g/mol. The third kappa shape index (κ3) is 5.83. The van der Waals surface area contributed by atoms with Gasteiger partial charge in [0.25, 0.3) is 10.1 Å². The summed E-state index contributed by atoms with van der Waals surface area (Å²) in [6.45, 7) is 1.35. The van der Waals surface area contributed by atoms with E-state index in [0.29, 0.717) is 20.0 Å². The van der Waals surface area contributed by atoms with E-state index < -0.39 is 10.1 Å². The van der Waals surface area contributed by atoms with Gasteiger partial charge in [-0.3, -0.25) is 9.98 Å². The Bertz CT molecular complexity index is 291. The molecule has 0 aliphatic carbocycles. The monoisotopic (exact) mass is 278 g/mol. The van der Waals surface area contributed by atoms with Crippen LogP contribution in [0.1, 0.15) is 0 Å². The van der Waals surface area contributed by atoms with Crippen LogP contribution >= 0.6 is 23.6 Å². The fourth-order valence-electron chi connectivity index (χ4n) is 1.10. The first-order valence-corrected chi connectivity index (χ1v) is 6.40. The minimum atomic E-state index is -3.93. The Hall–Kier alpha value is 0.330.